The maximum atomic E-state index is 13.5. The molecule has 3 amide bonds. The van der Waals surface area contributed by atoms with Crippen molar-refractivity contribution in [2.45, 2.75) is 87.3 Å². The van der Waals surface area contributed by atoms with Gasteiger partial charge in [0.15, 0.2) is 21.8 Å². The molecule has 67 heavy (non-hydrogen) atoms. The quantitative estimate of drug-likeness (QED) is 0.0130. The molecular weight excluding hydrogens is 951 g/mol. The van der Waals surface area contributed by atoms with Gasteiger partial charge in [0.1, 0.15) is 16.2 Å². The van der Waals surface area contributed by atoms with Gasteiger partial charge >= 0.3 is 0 Å². The Morgan fingerprint density at radius 2 is 1.58 bits per heavy atom. The molecule has 1 aliphatic carbocycles. The number of aromatic nitrogens is 2. The Bertz CT molecular complexity index is 2930. The summed E-state index contributed by atoms with van der Waals surface area (Å²) in [5.41, 5.74) is 3.06. The van der Waals surface area contributed by atoms with E-state index in [0.717, 1.165) is 35.8 Å². The predicted molar refractivity (Wildman–Crippen MR) is 263 cm³/mol. The summed E-state index contributed by atoms with van der Waals surface area (Å²) in [4.78, 5) is 52.1. The first-order valence-corrected chi connectivity index (χ1v) is 32.1. The van der Waals surface area contributed by atoms with Crippen LogP contribution in [-0.2, 0) is 45.2 Å². The Kier molecular flexibility index (Phi) is 16.5. The maximum Gasteiger partial charge on any atom is 0.295 e. The van der Waals surface area contributed by atoms with E-state index in [1.54, 1.807) is 30.6 Å². The second-order valence-electron chi connectivity index (χ2n) is 17.1. The van der Waals surface area contributed by atoms with Crippen molar-refractivity contribution in [1.82, 2.24) is 24.9 Å². The largest absolute Gasteiger partial charge is 0.456 e. The van der Waals surface area contributed by atoms with E-state index in [1.807, 2.05) is 39.0 Å². The molecule has 0 fully saturated rings. The molecule has 0 saturated heterocycles. The summed E-state index contributed by atoms with van der Waals surface area (Å²) in [5.74, 6) is -0.554. The Hall–Kier alpha value is -5.08. The van der Waals surface area contributed by atoms with Crippen LogP contribution in [0.15, 0.2) is 103 Å². The van der Waals surface area contributed by atoms with Crippen LogP contribution in [-0.4, -0.2) is 109 Å². The van der Waals surface area contributed by atoms with E-state index in [0.29, 0.717) is 62.3 Å². The minimum absolute atomic E-state index is 0.0160. The number of benzene rings is 3. The fraction of sp³-hybridized carbons (Fsp3) is 0.378. The smallest absolute Gasteiger partial charge is 0.295 e. The number of carbonyl (C=O) groups excluding carboxylic acids is 3. The molecule has 0 atom stereocenters. The second kappa shape index (κ2) is 21.5. The first-order chi connectivity index (χ1) is 31.6. The lowest BCUT2D eigenvalue weighted by molar-refractivity contribution is -0.137. The summed E-state index contributed by atoms with van der Waals surface area (Å²) >= 11 is 1.49. The average molecular weight is 1010 g/mol. The summed E-state index contributed by atoms with van der Waals surface area (Å²) < 4.78 is 79.3. The van der Waals surface area contributed by atoms with Gasteiger partial charge in [-0.25, -0.2) is 23.1 Å². The van der Waals surface area contributed by atoms with Gasteiger partial charge in [0.05, 0.1) is 16.8 Å². The number of hydrogen-bond donors (Lipinski definition) is 3. The molecule has 3 N–H and O–H groups in total. The van der Waals surface area contributed by atoms with E-state index in [1.165, 1.54) is 36.0 Å². The molecule has 17 nitrogen and oxygen atoms in total. The molecule has 358 valence electrons. The number of imide groups is 1. The van der Waals surface area contributed by atoms with Crippen molar-refractivity contribution in [3.05, 3.63) is 90.1 Å². The summed E-state index contributed by atoms with van der Waals surface area (Å²) in [6.07, 6.45) is 6.49. The van der Waals surface area contributed by atoms with Crippen molar-refractivity contribution in [2.24, 2.45) is 4.99 Å². The van der Waals surface area contributed by atoms with Gasteiger partial charge in [-0.1, -0.05) is 17.8 Å². The molecule has 3 heterocycles. The van der Waals surface area contributed by atoms with E-state index in [4.69, 9.17) is 8.53 Å². The molecule has 2 aromatic carbocycles. The fourth-order valence-corrected chi connectivity index (χ4v) is 20.1. The Balaban J connectivity index is 1.04. The zero-order valence-electron chi connectivity index (χ0n) is 38.7. The van der Waals surface area contributed by atoms with Crippen LogP contribution in [0.5, 0.6) is 0 Å². The van der Waals surface area contributed by atoms with Gasteiger partial charge in [-0.2, -0.15) is 8.42 Å². The van der Waals surface area contributed by atoms with E-state index < -0.39 is 41.7 Å². The fourth-order valence-electron chi connectivity index (χ4n) is 7.88. The molecule has 0 spiro atoms. The molecule has 6 rings (SSSR count). The minimum Gasteiger partial charge on any atom is -0.456 e. The van der Waals surface area contributed by atoms with Crippen molar-refractivity contribution in [3.63, 3.8) is 0 Å². The summed E-state index contributed by atoms with van der Waals surface area (Å²) in [7, 11) is -13.6. The van der Waals surface area contributed by atoms with Gasteiger partial charge in [-0.3, -0.25) is 28.8 Å². The van der Waals surface area contributed by atoms with Crippen molar-refractivity contribution in [1.29, 1.82) is 0 Å². The number of thioether (sulfide) groups is 1. The number of sulfonamides is 1. The third-order valence-corrected chi connectivity index (χ3v) is 23.1. The van der Waals surface area contributed by atoms with Crippen LogP contribution in [0.1, 0.15) is 39.2 Å². The van der Waals surface area contributed by atoms with Crippen LogP contribution in [0.4, 0.5) is 5.69 Å². The topological polar surface area (TPSA) is 231 Å². The lowest BCUT2D eigenvalue weighted by Crippen LogP contribution is -2.46. The Morgan fingerprint density at radius 1 is 0.896 bits per heavy atom. The number of fused-ring (bicyclic) bond motifs is 2. The zero-order valence-corrected chi connectivity index (χ0v) is 43.1. The number of anilines is 1. The number of rotatable bonds is 22. The third-order valence-electron chi connectivity index (χ3n) is 10.9. The Labute approximate surface area is 397 Å². The molecule has 0 bridgehead atoms. The van der Waals surface area contributed by atoms with E-state index in [9.17, 15) is 35.8 Å². The summed E-state index contributed by atoms with van der Waals surface area (Å²) in [6, 6.07) is 15.2. The van der Waals surface area contributed by atoms with Crippen LogP contribution in [0, 0.1) is 0 Å². The minimum atomic E-state index is -4.97. The highest BCUT2D eigenvalue weighted by Gasteiger charge is 2.34. The van der Waals surface area contributed by atoms with Gasteiger partial charge < -0.3 is 18.7 Å². The van der Waals surface area contributed by atoms with E-state index in [2.05, 4.69) is 56.1 Å². The molecule has 2 aliphatic heterocycles. The average Bonchev–Trinajstić information content (AvgIpc) is 3.58. The molecule has 0 radical (unpaired) electrons. The molecule has 22 heteroatoms. The first-order valence-electron chi connectivity index (χ1n) is 22.0. The van der Waals surface area contributed by atoms with Crippen LogP contribution in [0.2, 0.25) is 32.2 Å². The highest BCUT2D eigenvalue weighted by molar-refractivity contribution is 8.00. The van der Waals surface area contributed by atoms with Gasteiger partial charge in [0, 0.05) is 115 Å². The van der Waals surface area contributed by atoms with E-state index >= 15 is 0 Å². The van der Waals surface area contributed by atoms with E-state index in [-0.39, 0.29) is 54.2 Å². The number of nitrogens with zero attached hydrogens (tertiary/aromatic N) is 5. The van der Waals surface area contributed by atoms with Gasteiger partial charge in [-0.05, 0) is 95.8 Å². The SMILES string of the molecule is CCN=c1ccc2c(-c3ccc(S(=O)(=O)NCCNC(=O)CCC[Si](C)(C)O[Si](C)(C)CSc4ncc(CN5C(=O)C=CC5=O)cn4)cc3S(=O)(=O)O)c3ccc(N(CC)CC)cc3oc-2c1. The monoisotopic (exact) mass is 1010 g/mol. The molecule has 0 saturated carbocycles. The maximum absolute atomic E-state index is 13.5. The lowest BCUT2D eigenvalue weighted by atomic mass is 9.93. The van der Waals surface area contributed by atoms with Crippen LogP contribution in [0.25, 0.3) is 33.4 Å². The van der Waals surface area contributed by atoms with Gasteiger partial charge in [0.2, 0.25) is 15.9 Å². The normalized spacial score (nSPS) is 13.9. The summed E-state index contributed by atoms with van der Waals surface area (Å²) in [5, 5.41) is 5.22. The Morgan fingerprint density at radius 3 is 2.24 bits per heavy atom. The van der Waals surface area contributed by atoms with Crippen molar-refractivity contribution < 1.29 is 44.3 Å². The van der Waals surface area contributed by atoms with Crippen LogP contribution < -0.4 is 20.3 Å². The van der Waals surface area contributed by atoms with Crippen molar-refractivity contribution >= 4 is 82.9 Å². The number of amides is 3. The predicted octanol–water partition coefficient (Wildman–Crippen LogP) is 6.37. The van der Waals surface area contributed by atoms with Crippen LogP contribution >= 0.6 is 11.8 Å². The standard InChI is InChI=1S/C45H57N7O10S3Si2/c1-8-46-32-13-16-35-38(24-32)61-39-25-33(51(9-2)10-3)14-17-36(39)44(35)37-18-15-34(26-40(37)65(58,59)60)64(56,57)50-22-21-47-41(53)12-11-23-66(4,5)62-67(6,7)30-63-45-48-27-31(28-49-45)29-52-42(54)19-20-43(52)55/h13-20,24-28,50H,8-12,21-23,29-30H2,1-7H3,(H,47,53)(H,58,59,60). The van der Waals surface area contributed by atoms with Crippen molar-refractivity contribution in [2.75, 3.05) is 43.0 Å². The number of hydrogen-bond acceptors (Lipinski definition) is 14. The van der Waals surface area contributed by atoms with Crippen LogP contribution in [0.3, 0.4) is 0 Å². The van der Waals surface area contributed by atoms with Crippen molar-refractivity contribution in [3.8, 4) is 22.5 Å². The molecular formula is C45H57N7O10S3Si2. The number of carbonyl (C=O) groups is 3. The molecule has 0 unspecified atom stereocenters. The lowest BCUT2D eigenvalue weighted by Gasteiger charge is -2.33. The second-order valence-corrected chi connectivity index (χ2v) is 30.4. The highest BCUT2D eigenvalue weighted by Crippen LogP contribution is 2.43. The van der Waals surface area contributed by atoms with Gasteiger partial charge in [-0.15, -0.1) is 0 Å². The van der Waals surface area contributed by atoms with Gasteiger partial charge in [0.25, 0.3) is 21.9 Å². The zero-order chi connectivity index (χ0) is 48.7. The highest BCUT2D eigenvalue weighted by atomic mass is 32.2. The third kappa shape index (κ3) is 13.1. The molecule has 3 aliphatic rings. The first kappa shape index (κ1) is 51.3. The molecule has 3 aromatic rings. The molecule has 1 aromatic heterocycles. The number of nitrogens with one attached hydrogen (secondary N) is 2. The summed E-state index contributed by atoms with van der Waals surface area (Å²) in [6.45, 7) is 16.4.